The van der Waals surface area contributed by atoms with Crippen LogP contribution in [0, 0.1) is 0 Å². The highest BCUT2D eigenvalue weighted by Gasteiger charge is 2.33. The number of hydrogen-bond donors (Lipinski definition) is 2. The maximum absolute atomic E-state index is 12.8. The molecule has 0 bridgehead atoms. The van der Waals surface area contributed by atoms with Crippen molar-refractivity contribution in [3.63, 3.8) is 0 Å². The van der Waals surface area contributed by atoms with Crippen LogP contribution in [-0.4, -0.2) is 5.91 Å². The highest BCUT2D eigenvalue weighted by Crippen LogP contribution is 2.34. The van der Waals surface area contributed by atoms with Crippen molar-refractivity contribution in [2.75, 3.05) is 5.43 Å². The summed E-state index contributed by atoms with van der Waals surface area (Å²) in [5, 5.41) is 0.192. The molecule has 0 aliphatic carbocycles. The van der Waals surface area contributed by atoms with E-state index in [0.29, 0.717) is 0 Å². The highest BCUT2D eigenvalue weighted by molar-refractivity contribution is 6.43. The summed E-state index contributed by atoms with van der Waals surface area (Å²) in [7, 11) is 0. The maximum Gasteiger partial charge on any atom is 0.418 e. The minimum absolute atomic E-state index is 0.0209. The SMILES string of the molecule is O=C(NNc1ccccc1C(F)(F)F)c1cccc(Cl)c1Cl. The molecule has 0 spiro atoms. The number of hydrazine groups is 1. The van der Waals surface area contributed by atoms with Crippen molar-refractivity contribution in [1.82, 2.24) is 5.43 Å². The van der Waals surface area contributed by atoms with Crippen LogP contribution in [0.5, 0.6) is 0 Å². The van der Waals surface area contributed by atoms with E-state index < -0.39 is 17.6 Å². The molecular formula is C14H9Cl2F3N2O. The first-order valence-electron chi connectivity index (χ1n) is 5.97. The number of amides is 1. The zero-order chi connectivity index (χ0) is 16.3. The molecule has 22 heavy (non-hydrogen) atoms. The van der Waals surface area contributed by atoms with Gasteiger partial charge in [0.2, 0.25) is 0 Å². The van der Waals surface area contributed by atoms with Crippen molar-refractivity contribution < 1.29 is 18.0 Å². The van der Waals surface area contributed by atoms with Crippen LogP contribution in [0.1, 0.15) is 15.9 Å². The monoisotopic (exact) mass is 348 g/mol. The van der Waals surface area contributed by atoms with Crippen LogP contribution in [0.15, 0.2) is 42.5 Å². The van der Waals surface area contributed by atoms with Gasteiger partial charge in [-0.15, -0.1) is 0 Å². The molecule has 0 aromatic heterocycles. The zero-order valence-corrected chi connectivity index (χ0v) is 12.4. The van der Waals surface area contributed by atoms with Crippen LogP contribution in [0.2, 0.25) is 10.0 Å². The molecule has 2 aromatic carbocycles. The fourth-order valence-corrected chi connectivity index (χ4v) is 2.10. The van der Waals surface area contributed by atoms with E-state index in [0.717, 1.165) is 6.07 Å². The average Bonchev–Trinajstić information content (AvgIpc) is 2.47. The Morgan fingerprint density at radius 2 is 1.68 bits per heavy atom. The fourth-order valence-electron chi connectivity index (χ4n) is 1.71. The van der Waals surface area contributed by atoms with E-state index in [2.05, 4.69) is 10.9 Å². The predicted octanol–water partition coefficient (Wildman–Crippen LogP) is 4.77. The Bertz CT molecular complexity index is 705. The van der Waals surface area contributed by atoms with Gasteiger partial charge in [-0.3, -0.25) is 15.6 Å². The summed E-state index contributed by atoms with van der Waals surface area (Å²) < 4.78 is 38.5. The van der Waals surface area contributed by atoms with Crippen LogP contribution in [0.3, 0.4) is 0 Å². The van der Waals surface area contributed by atoms with Crippen LogP contribution in [0.25, 0.3) is 0 Å². The van der Waals surface area contributed by atoms with Gasteiger partial charge in [-0.25, -0.2) is 0 Å². The Kier molecular flexibility index (Phi) is 4.83. The summed E-state index contributed by atoms with van der Waals surface area (Å²) in [6.45, 7) is 0. The minimum Gasteiger partial charge on any atom is -0.298 e. The Morgan fingerprint density at radius 1 is 1.00 bits per heavy atom. The fraction of sp³-hybridized carbons (Fsp3) is 0.0714. The number of hydrogen-bond acceptors (Lipinski definition) is 2. The number of para-hydroxylation sites is 1. The third-order valence-corrected chi connectivity index (χ3v) is 3.56. The molecule has 0 heterocycles. The average molecular weight is 349 g/mol. The quantitative estimate of drug-likeness (QED) is 0.784. The van der Waals surface area contributed by atoms with Gasteiger partial charge < -0.3 is 0 Å². The van der Waals surface area contributed by atoms with E-state index in [4.69, 9.17) is 23.2 Å². The maximum atomic E-state index is 12.8. The lowest BCUT2D eigenvalue weighted by atomic mass is 10.2. The summed E-state index contributed by atoms with van der Waals surface area (Å²) in [5.41, 5.74) is 3.28. The van der Waals surface area contributed by atoms with Gasteiger partial charge in [0.15, 0.2) is 0 Å². The normalized spacial score (nSPS) is 11.1. The van der Waals surface area contributed by atoms with E-state index in [1.165, 1.54) is 36.4 Å². The molecule has 2 aromatic rings. The van der Waals surface area contributed by atoms with Gasteiger partial charge in [-0.05, 0) is 24.3 Å². The molecule has 2 rings (SSSR count). The van der Waals surface area contributed by atoms with Crippen LogP contribution >= 0.6 is 23.2 Å². The van der Waals surface area contributed by atoms with E-state index in [1.54, 1.807) is 0 Å². The van der Waals surface area contributed by atoms with Gasteiger partial charge in [0, 0.05) is 0 Å². The molecule has 2 N–H and O–H groups in total. The summed E-state index contributed by atoms with van der Waals surface area (Å²) in [6.07, 6.45) is -4.54. The number of nitrogens with one attached hydrogen (secondary N) is 2. The molecule has 0 saturated carbocycles. The van der Waals surface area contributed by atoms with E-state index in [1.807, 2.05) is 0 Å². The summed E-state index contributed by atoms with van der Waals surface area (Å²) in [5.74, 6) is -0.704. The Hall–Kier alpha value is -1.92. The molecule has 1 amide bonds. The summed E-state index contributed by atoms with van der Waals surface area (Å²) in [4.78, 5) is 12.0. The van der Waals surface area contributed by atoms with Crippen molar-refractivity contribution >= 4 is 34.8 Å². The number of anilines is 1. The van der Waals surface area contributed by atoms with Gasteiger partial charge in [-0.1, -0.05) is 41.4 Å². The molecule has 0 atom stereocenters. The summed E-state index contributed by atoms with van der Waals surface area (Å²) >= 11 is 11.7. The molecule has 3 nitrogen and oxygen atoms in total. The molecule has 116 valence electrons. The predicted molar refractivity (Wildman–Crippen MR) is 79.0 cm³/mol. The van der Waals surface area contributed by atoms with Gasteiger partial charge in [0.05, 0.1) is 26.9 Å². The molecule has 0 aliphatic rings. The van der Waals surface area contributed by atoms with Crippen molar-refractivity contribution in [1.29, 1.82) is 0 Å². The Morgan fingerprint density at radius 3 is 2.36 bits per heavy atom. The molecule has 0 fully saturated rings. The first kappa shape index (κ1) is 16.5. The van der Waals surface area contributed by atoms with E-state index >= 15 is 0 Å². The topological polar surface area (TPSA) is 41.1 Å². The van der Waals surface area contributed by atoms with Crippen molar-refractivity contribution in [3.8, 4) is 0 Å². The van der Waals surface area contributed by atoms with Crippen LogP contribution < -0.4 is 10.9 Å². The molecule has 8 heteroatoms. The van der Waals surface area contributed by atoms with Crippen molar-refractivity contribution in [3.05, 3.63) is 63.6 Å². The third-order valence-electron chi connectivity index (χ3n) is 2.74. The zero-order valence-electron chi connectivity index (χ0n) is 10.8. The standard InChI is InChI=1S/C14H9Cl2F3N2O/c15-10-6-3-4-8(12(10)16)13(22)21-20-11-7-2-1-5-9(11)14(17,18)19/h1-7,20H,(H,21,22). The molecular weight excluding hydrogens is 340 g/mol. The summed E-state index contributed by atoms with van der Waals surface area (Å²) in [6, 6.07) is 9.17. The van der Waals surface area contributed by atoms with Gasteiger partial charge in [0.25, 0.3) is 5.91 Å². The first-order chi connectivity index (χ1) is 10.3. The van der Waals surface area contributed by atoms with Crippen LogP contribution in [0.4, 0.5) is 18.9 Å². The van der Waals surface area contributed by atoms with Crippen LogP contribution in [-0.2, 0) is 6.18 Å². The van der Waals surface area contributed by atoms with E-state index in [-0.39, 0.29) is 21.3 Å². The lowest BCUT2D eigenvalue weighted by Gasteiger charge is -2.15. The second-order valence-corrected chi connectivity index (χ2v) is 5.01. The van der Waals surface area contributed by atoms with Gasteiger partial charge in [0.1, 0.15) is 0 Å². The number of carbonyl (C=O) groups is 1. The van der Waals surface area contributed by atoms with Crippen molar-refractivity contribution in [2.24, 2.45) is 0 Å². The third kappa shape index (κ3) is 3.64. The number of carbonyl (C=O) groups excluding carboxylic acids is 1. The van der Waals surface area contributed by atoms with Gasteiger partial charge >= 0.3 is 6.18 Å². The number of alkyl halides is 3. The van der Waals surface area contributed by atoms with Gasteiger partial charge in [-0.2, -0.15) is 13.2 Å². The lowest BCUT2D eigenvalue weighted by molar-refractivity contribution is -0.137. The first-order valence-corrected chi connectivity index (χ1v) is 6.73. The van der Waals surface area contributed by atoms with E-state index in [9.17, 15) is 18.0 Å². The molecule has 0 aliphatic heterocycles. The molecule has 0 unspecified atom stereocenters. The second-order valence-electron chi connectivity index (χ2n) is 4.22. The smallest absolute Gasteiger partial charge is 0.298 e. The second kappa shape index (κ2) is 6.46. The number of benzene rings is 2. The largest absolute Gasteiger partial charge is 0.418 e. The minimum atomic E-state index is -4.54. The molecule has 0 radical (unpaired) electrons. The number of halogens is 5. The molecule has 0 saturated heterocycles. The Labute approximate surface area is 134 Å². The number of rotatable bonds is 3. The lowest BCUT2D eigenvalue weighted by Crippen LogP contribution is -2.30. The highest BCUT2D eigenvalue weighted by atomic mass is 35.5. The Balaban J connectivity index is 2.17. The van der Waals surface area contributed by atoms with Crippen molar-refractivity contribution in [2.45, 2.75) is 6.18 Å².